The highest BCUT2D eigenvalue weighted by atomic mass is 16.5. The van der Waals surface area contributed by atoms with Crippen LogP contribution in [0, 0.1) is 13.8 Å². The molecule has 0 saturated carbocycles. The van der Waals surface area contributed by atoms with E-state index in [1.807, 2.05) is 86.6 Å². The van der Waals surface area contributed by atoms with Gasteiger partial charge in [0.1, 0.15) is 11.5 Å². The lowest BCUT2D eigenvalue weighted by Gasteiger charge is -2.13. The number of fused-ring (bicyclic) bond motifs is 2. The summed E-state index contributed by atoms with van der Waals surface area (Å²) in [5, 5.41) is 2.90. The van der Waals surface area contributed by atoms with Crippen LogP contribution in [0.4, 0.5) is 0 Å². The predicted molar refractivity (Wildman–Crippen MR) is 132 cm³/mol. The SMILES string of the molecule is COc1cccc(-c2cc(C(=O)Oc3ccc4ccccc4c3)c3cc(C)cc(C)c3n2)c1. The van der Waals surface area contributed by atoms with Crippen LogP contribution in [0.1, 0.15) is 21.5 Å². The summed E-state index contributed by atoms with van der Waals surface area (Å²) in [6.45, 7) is 4.02. The Kier molecular flexibility index (Phi) is 5.27. The number of carbonyl (C=O) groups excluding carboxylic acids is 1. The Bertz CT molecular complexity index is 1520. The third kappa shape index (κ3) is 4.03. The van der Waals surface area contributed by atoms with Crippen LogP contribution < -0.4 is 9.47 Å². The first-order valence-corrected chi connectivity index (χ1v) is 10.8. The van der Waals surface area contributed by atoms with Crippen LogP contribution in [-0.4, -0.2) is 18.1 Å². The molecule has 5 rings (SSSR count). The van der Waals surface area contributed by atoms with E-state index in [9.17, 15) is 4.79 Å². The highest BCUT2D eigenvalue weighted by Gasteiger charge is 2.18. The van der Waals surface area contributed by atoms with E-state index in [4.69, 9.17) is 14.5 Å². The molecule has 0 bridgehead atoms. The fourth-order valence-electron chi connectivity index (χ4n) is 4.17. The van der Waals surface area contributed by atoms with Crippen LogP contribution in [-0.2, 0) is 0 Å². The Hall–Kier alpha value is -4.18. The normalized spacial score (nSPS) is 11.0. The van der Waals surface area contributed by atoms with E-state index < -0.39 is 5.97 Å². The maximum absolute atomic E-state index is 13.4. The maximum Gasteiger partial charge on any atom is 0.344 e. The van der Waals surface area contributed by atoms with Gasteiger partial charge in [-0.25, -0.2) is 9.78 Å². The van der Waals surface area contributed by atoms with Gasteiger partial charge in [-0.1, -0.05) is 54.1 Å². The predicted octanol–water partition coefficient (Wildman–Crippen LogP) is 6.90. The molecule has 1 heterocycles. The average Bonchev–Trinajstić information content (AvgIpc) is 2.83. The number of methoxy groups -OCH3 is 1. The van der Waals surface area contributed by atoms with Crippen molar-refractivity contribution < 1.29 is 14.3 Å². The zero-order valence-corrected chi connectivity index (χ0v) is 18.8. The molecule has 0 spiro atoms. The molecule has 4 aromatic carbocycles. The monoisotopic (exact) mass is 433 g/mol. The molecule has 1 aromatic heterocycles. The van der Waals surface area contributed by atoms with Gasteiger partial charge in [-0.05, 0) is 66.6 Å². The van der Waals surface area contributed by atoms with Crippen molar-refractivity contribution in [3.63, 3.8) is 0 Å². The second kappa shape index (κ2) is 8.40. The fraction of sp³-hybridized carbons (Fsp3) is 0.103. The van der Waals surface area contributed by atoms with Gasteiger partial charge in [0.25, 0.3) is 0 Å². The van der Waals surface area contributed by atoms with Gasteiger partial charge in [-0.3, -0.25) is 0 Å². The number of benzene rings is 4. The van der Waals surface area contributed by atoms with Gasteiger partial charge >= 0.3 is 5.97 Å². The van der Waals surface area contributed by atoms with Crippen molar-refractivity contribution in [1.29, 1.82) is 0 Å². The lowest BCUT2D eigenvalue weighted by atomic mass is 9.99. The molecule has 0 aliphatic rings. The summed E-state index contributed by atoms with van der Waals surface area (Å²) < 4.78 is 11.2. The molecule has 0 saturated heterocycles. The molecule has 0 aliphatic heterocycles. The van der Waals surface area contributed by atoms with Crippen molar-refractivity contribution in [2.75, 3.05) is 7.11 Å². The number of aryl methyl sites for hydroxylation is 2. The lowest BCUT2D eigenvalue weighted by Crippen LogP contribution is -2.10. The largest absolute Gasteiger partial charge is 0.497 e. The molecular formula is C29H23NO3. The van der Waals surface area contributed by atoms with Gasteiger partial charge in [0.15, 0.2) is 0 Å². The number of pyridine rings is 1. The minimum Gasteiger partial charge on any atom is -0.497 e. The van der Waals surface area contributed by atoms with E-state index in [1.54, 1.807) is 13.2 Å². The van der Waals surface area contributed by atoms with Gasteiger partial charge in [0, 0.05) is 10.9 Å². The molecule has 0 N–H and O–H groups in total. The summed E-state index contributed by atoms with van der Waals surface area (Å²) in [4.78, 5) is 18.3. The molecule has 5 aromatic rings. The standard InChI is InChI=1S/C29H23NO3/c1-18-13-19(2)28-25(14-18)26(17-27(30-28)22-9-6-10-23(16-22)32-3)29(31)33-24-12-11-20-7-4-5-8-21(20)15-24/h4-17H,1-3H3. The minimum absolute atomic E-state index is 0.410. The maximum atomic E-state index is 13.4. The summed E-state index contributed by atoms with van der Waals surface area (Å²) in [7, 11) is 1.63. The smallest absolute Gasteiger partial charge is 0.344 e. The van der Waals surface area contributed by atoms with Crippen LogP contribution in [0.5, 0.6) is 11.5 Å². The van der Waals surface area contributed by atoms with Crippen LogP contribution in [0.3, 0.4) is 0 Å². The van der Waals surface area contributed by atoms with Gasteiger partial charge in [-0.2, -0.15) is 0 Å². The van der Waals surface area contributed by atoms with Crippen LogP contribution in [0.25, 0.3) is 32.9 Å². The molecule has 4 heteroatoms. The number of hydrogen-bond acceptors (Lipinski definition) is 4. The van der Waals surface area contributed by atoms with Crippen LogP contribution in [0.15, 0.2) is 84.9 Å². The Morgan fingerprint density at radius 2 is 1.61 bits per heavy atom. The summed E-state index contributed by atoms with van der Waals surface area (Å²) in [6, 6.07) is 27.2. The minimum atomic E-state index is -0.410. The summed E-state index contributed by atoms with van der Waals surface area (Å²) >= 11 is 0. The Morgan fingerprint density at radius 3 is 2.42 bits per heavy atom. The van der Waals surface area contributed by atoms with Crippen LogP contribution in [0.2, 0.25) is 0 Å². The molecule has 0 unspecified atom stereocenters. The molecule has 0 amide bonds. The second-order valence-corrected chi connectivity index (χ2v) is 8.16. The van der Waals surface area contributed by atoms with E-state index >= 15 is 0 Å². The molecule has 0 aliphatic carbocycles. The average molecular weight is 434 g/mol. The van der Waals surface area contributed by atoms with Gasteiger partial charge in [-0.15, -0.1) is 0 Å². The highest BCUT2D eigenvalue weighted by molar-refractivity contribution is 6.06. The first-order chi connectivity index (χ1) is 16.0. The zero-order chi connectivity index (χ0) is 22.9. The zero-order valence-electron chi connectivity index (χ0n) is 18.8. The molecule has 0 fully saturated rings. The van der Waals surface area contributed by atoms with Crippen molar-refractivity contribution in [1.82, 2.24) is 4.98 Å². The third-order valence-electron chi connectivity index (χ3n) is 5.77. The van der Waals surface area contributed by atoms with E-state index in [2.05, 4.69) is 6.07 Å². The number of nitrogens with zero attached hydrogens (tertiary/aromatic N) is 1. The number of aromatic nitrogens is 1. The number of carbonyl (C=O) groups is 1. The molecule has 0 radical (unpaired) electrons. The quantitative estimate of drug-likeness (QED) is 0.228. The van der Waals surface area contributed by atoms with Gasteiger partial charge in [0.2, 0.25) is 0 Å². The highest BCUT2D eigenvalue weighted by Crippen LogP contribution is 2.30. The van der Waals surface area contributed by atoms with E-state index in [-0.39, 0.29) is 0 Å². The van der Waals surface area contributed by atoms with Crippen LogP contribution >= 0.6 is 0 Å². The Labute approximate surface area is 192 Å². The number of esters is 1. The van der Waals surface area contributed by atoms with Gasteiger partial charge < -0.3 is 9.47 Å². The number of ether oxygens (including phenoxy) is 2. The molecule has 162 valence electrons. The Balaban J connectivity index is 1.63. The molecule has 33 heavy (non-hydrogen) atoms. The summed E-state index contributed by atoms with van der Waals surface area (Å²) in [5.41, 5.74) is 4.91. The van der Waals surface area contributed by atoms with Crippen molar-refractivity contribution in [3.05, 3.63) is 102 Å². The van der Waals surface area contributed by atoms with Crippen molar-refractivity contribution in [2.24, 2.45) is 0 Å². The second-order valence-electron chi connectivity index (χ2n) is 8.16. The summed E-state index contributed by atoms with van der Waals surface area (Å²) in [5.74, 6) is 0.832. The van der Waals surface area contributed by atoms with Crippen molar-refractivity contribution in [3.8, 4) is 22.8 Å². The molecular weight excluding hydrogens is 410 g/mol. The van der Waals surface area contributed by atoms with Gasteiger partial charge in [0.05, 0.1) is 23.9 Å². The first-order valence-electron chi connectivity index (χ1n) is 10.8. The Morgan fingerprint density at radius 1 is 0.788 bits per heavy atom. The molecule has 0 atom stereocenters. The topological polar surface area (TPSA) is 48.4 Å². The first kappa shape index (κ1) is 20.7. The third-order valence-corrected chi connectivity index (χ3v) is 5.77. The fourth-order valence-corrected chi connectivity index (χ4v) is 4.17. The summed E-state index contributed by atoms with van der Waals surface area (Å²) in [6.07, 6.45) is 0. The molecule has 4 nitrogen and oxygen atoms in total. The van der Waals surface area contributed by atoms with Crippen molar-refractivity contribution >= 4 is 27.6 Å². The number of rotatable bonds is 4. The van der Waals surface area contributed by atoms with Crippen molar-refractivity contribution in [2.45, 2.75) is 13.8 Å². The lowest BCUT2D eigenvalue weighted by molar-refractivity contribution is 0.0737. The number of hydrogen-bond donors (Lipinski definition) is 0. The van der Waals surface area contributed by atoms with E-state index in [1.165, 1.54) is 0 Å². The van der Waals surface area contributed by atoms with E-state index in [0.717, 1.165) is 44.1 Å². The van der Waals surface area contributed by atoms with E-state index in [0.29, 0.717) is 17.0 Å².